The molecule has 1 aliphatic heterocycles. The number of hydrogen-bond acceptors (Lipinski definition) is 4. The van der Waals surface area contributed by atoms with Crippen molar-refractivity contribution in [3.63, 3.8) is 0 Å². The maximum atomic E-state index is 11.9. The first-order valence-electron chi connectivity index (χ1n) is 7.36. The average Bonchev–Trinajstić information content (AvgIpc) is 2.54. The molecule has 0 saturated carbocycles. The van der Waals surface area contributed by atoms with Crippen molar-refractivity contribution in [1.82, 2.24) is 15.2 Å². The third-order valence-electron chi connectivity index (χ3n) is 3.47. The van der Waals surface area contributed by atoms with Crippen LogP contribution in [0.15, 0.2) is 18.3 Å². The third-order valence-corrected chi connectivity index (χ3v) is 3.47. The predicted octanol–water partition coefficient (Wildman–Crippen LogP) is 0.641. The molecule has 0 bridgehead atoms. The predicted molar refractivity (Wildman–Crippen MR) is 80.8 cm³/mol. The van der Waals surface area contributed by atoms with Crippen LogP contribution in [0.3, 0.4) is 0 Å². The van der Waals surface area contributed by atoms with Crippen LogP contribution >= 0.6 is 0 Å². The Labute approximate surface area is 125 Å². The zero-order valence-corrected chi connectivity index (χ0v) is 12.1. The quantitative estimate of drug-likeness (QED) is 0.798. The highest BCUT2D eigenvalue weighted by Crippen LogP contribution is 2.07. The topological polar surface area (TPSA) is 65.5 Å². The summed E-state index contributed by atoms with van der Waals surface area (Å²) >= 11 is 0. The Hall–Kier alpha value is -1.90. The molecule has 5 nitrogen and oxygen atoms in total. The van der Waals surface area contributed by atoms with E-state index in [1.54, 1.807) is 18.3 Å². The fraction of sp³-hybridized carbons (Fsp3) is 0.500. The molecule has 1 amide bonds. The van der Waals surface area contributed by atoms with Gasteiger partial charge in [0.1, 0.15) is 12.3 Å². The molecule has 0 aromatic carbocycles. The molecule has 0 spiro atoms. The smallest absolute Gasteiger partial charge is 0.269 e. The lowest BCUT2D eigenvalue weighted by atomic mass is 10.1. The van der Waals surface area contributed by atoms with E-state index < -0.39 is 0 Å². The van der Waals surface area contributed by atoms with Gasteiger partial charge in [0.25, 0.3) is 5.91 Å². The summed E-state index contributed by atoms with van der Waals surface area (Å²) in [6.45, 7) is 3.62. The molecule has 2 rings (SSSR count). The summed E-state index contributed by atoms with van der Waals surface area (Å²) in [5.41, 5.74) is 1.08. The van der Waals surface area contributed by atoms with E-state index in [2.05, 4.69) is 27.0 Å². The molecule has 2 N–H and O–H groups in total. The van der Waals surface area contributed by atoms with Gasteiger partial charge in [-0.2, -0.15) is 0 Å². The molecule has 0 radical (unpaired) electrons. The highest BCUT2D eigenvalue weighted by Gasteiger charge is 2.11. The lowest BCUT2D eigenvalue weighted by molar-refractivity contribution is 0.0941. The van der Waals surface area contributed by atoms with Crippen LogP contribution in [0.2, 0.25) is 0 Å². The van der Waals surface area contributed by atoms with Crippen LogP contribution in [0.5, 0.6) is 0 Å². The lowest BCUT2D eigenvalue weighted by Crippen LogP contribution is -2.37. The minimum absolute atomic E-state index is 0.159. The highest BCUT2D eigenvalue weighted by molar-refractivity contribution is 5.92. The number of aliphatic hydroxyl groups excluding tert-OH is 1. The Morgan fingerprint density at radius 3 is 2.81 bits per heavy atom. The van der Waals surface area contributed by atoms with Gasteiger partial charge in [-0.05, 0) is 38.1 Å². The van der Waals surface area contributed by atoms with Gasteiger partial charge >= 0.3 is 0 Å². The van der Waals surface area contributed by atoms with Crippen molar-refractivity contribution in [3.8, 4) is 11.8 Å². The number of nitrogens with zero attached hydrogens (tertiary/aromatic N) is 2. The molecule has 1 saturated heterocycles. The fourth-order valence-corrected chi connectivity index (χ4v) is 2.34. The number of piperidine rings is 1. The minimum atomic E-state index is -0.182. The van der Waals surface area contributed by atoms with Crippen LogP contribution < -0.4 is 5.32 Å². The lowest BCUT2D eigenvalue weighted by Gasteiger charge is -2.26. The summed E-state index contributed by atoms with van der Waals surface area (Å²) in [6, 6.07) is 3.38. The van der Waals surface area contributed by atoms with Gasteiger partial charge in [0.15, 0.2) is 0 Å². The number of likely N-dealkylation sites (tertiary alicyclic amines) is 1. The Morgan fingerprint density at radius 1 is 1.33 bits per heavy atom. The maximum Gasteiger partial charge on any atom is 0.269 e. The molecular formula is C16H21N3O2. The van der Waals surface area contributed by atoms with Crippen molar-refractivity contribution in [2.45, 2.75) is 19.3 Å². The fourth-order valence-electron chi connectivity index (χ4n) is 2.34. The number of rotatable bonds is 4. The first-order valence-corrected chi connectivity index (χ1v) is 7.36. The van der Waals surface area contributed by atoms with E-state index in [9.17, 15) is 4.79 Å². The van der Waals surface area contributed by atoms with E-state index in [1.807, 2.05) is 0 Å². The monoisotopic (exact) mass is 287 g/mol. The largest absolute Gasteiger partial charge is 0.384 e. The van der Waals surface area contributed by atoms with E-state index in [4.69, 9.17) is 5.11 Å². The molecule has 1 aromatic heterocycles. The first kappa shape index (κ1) is 15.5. The van der Waals surface area contributed by atoms with Crippen molar-refractivity contribution in [1.29, 1.82) is 0 Å². The van der Waals surface area contributed by atoms with Gasteiger partial charge in [-0.15, -0.1) is 0 Å². The molecule has 2 heterocycles. The second-order valence-corrected chi connectivity index (χ2v) is 5.05. The summed E-state index contributed by atoms with van der Waals surface area (Å²) in [5, 5.41) is 11.5. The molecule has 1 fully saturated rings. The molecule has 1 aliphatic rings. The number of aliphatic hydroxyl groups is 1. The van der Waals surface area contributed by atoms with Gasteiger partial charge in [-0.3, -0.25) is 4.79 Å². The van der Waals surface area contributed by atoms with Gasteiger partial charge in [0, 0.05) is 24.8 Å². The number of aromatic nitrogens is 1. The standard InChI is InChI=1S/C16H21N3O2/c20-12-4-5-14-6-7-15(18-13-14)16(21)17-8-11-19-9-2-1-3-10-19/h6-7,13,20H,1-3,8-12H2,(H,17,21). The summed E-state index contributed by atoms with van der Waals surface area (Å²) < 4.78 is 0. The van der Waals surface area contributed by atoms with Crippen LogP contribution in [-0.2, 0) is 0 Å². The van der Waals surface area contributed by atoms with Gasteiger partial charge in [0.2, 0.25) is 0 Å². The van der Waals surface area contributed by atoms with E-state index >= 15 is 0 Å². The van der Waals surface area contributed by atoms with Gasteiger partial charge in [-0.25, -0.2) is 4.98 Å². The number of amides is 1. The van der Waals surface area contributed by atoms with E-state index in [0.29, 0.717) is 17.8 Å². The van der Waals surface area contributed by atoms with Gasteiger partial charge in [-0.1, -0.05) is 18.3 Å². The zero-order chi connectivity index (χ0) is 14.9. The second kappa shape index (κ2) is 8.40. The molecular weight excluding hydrogens is 266 g/mol. The van der Waals surface area contributed by atoms with Crippen molar-refractivity contribution in [2.75, 3.05) is 32.8 Å². The van der Waals surface area contributed by atoms with Crippen molar-refractivity contribution in [3.05, 3.63) is 29.6 Å². The minimum Gasteiger partial charge on any atom is -0.384 e. The van der Waals surface area contributed by atoms with Gasteiger partial charge in [0.05, 0.1) is 0 Å². The molecule has 0 aliphatic carbocycles. The first-order chi connectivity index (χ1) is 10.3. The zero-order valence-electron chi connectivity index (χ0n) is 12.1. The Morgan fingerprint density at radius 2 is 2.14 bits per heavy atom. The van der Waals surface area contributed by atoms with Crippen LogP contribution in [0.1, 0.15) is 35.3 Å². The summed E-state index contributed by atoms with van der Waals surface area (Å²) in [4.78, 5) is 18.4. The van der Waals surface area contributed by atoms with Crippen LogP contribution in [-0.4, -0.2) is 53.7 Å². The number of carbonyl (C=O) groups excluding carboxylic acids is 1. The Kier molecular flexibility index (Phi) is 6.20. The Bertz CT molecular complexity index is 511. The summed E-state index contributed by atoms with van der Waals surface area (Å²) in [5.74, 6) is 5.13. The summed E-state index contributed by atoms with van der Waals surface area (Å²) in [7, 11) is 0. The van der Waals surface area contributed by atoms with Crippen molar-refractivity contribution >= 4 is 5.91 Å². The van der Waals surface area contributed by atoms with Crippen LogP contribution in [0, 0.1) is 11.8 Å². The number of carbonyl (C=O) groups is 1. The van der Waals surface area contributed by atoms with Crippen molar-refractivity contribution in [2.24, 2.45) is 0 Å². The number of hydrogen-bond donors (Lipinski definition) is 2. The maximum absolute atomic E-state index is 11.9. The molecule has 5 heteroatoms. The van der Waals surface area contributed by atoms with E-state index in [0.717, 1.165) is 19.6 Å². The normalized spacial score (nSPS) is 15.1. The van der Waals surface area contributed by atoms with E-state index in [1.165, 1.54) is 19.3 Å². The SMILES string of the molecule is O=C(NCCN1CCCCC1)c1ccc(C#CCO)cn1. The summed E-state index contributed by atoms with van der Waals surface area (Å²) in [6.07, 6.45) is 5.37. The van der Waals surface area contributed by atoms with Crippen molar-refractivity contribution < 1.29 is 9.90 Å². The Balaban J connectivity index is 1.77. The number of pyridine rings is 1. The molecule has 21 heavy (non-hydrogen) atoms. The van der Waals surface area contributed by atoms with Crippen LogP contribution in [0.4, 0.5) is 0 Å². The molecule has 1 aromatic rings. The van der Waals surface area contributed by atoms with Crippen LogP contribution in [0.25, 0.3) is 0 Å². The highest BCUT2D eigenvalue weighted by atomic mass is 16.2. The molecule has 112 valence electrons. The van der Waals surface area contributed by atoms with Gasteiger partial charge < -0.3 is 15.3 Å². The number of nitrogens with one attached hydrogen (secondary N) is 1. The molecule has 0 atom stereocenters. The third kappa shape index (κ3) is 5.18. The molecule has 0 unspecified atom stereocenters. The second-order valence-electron chi connectivity index (χ2n) is 5.05. The van der Waals surface area contributed by atoms with E-state index in [-0.39, 0.29) is 12.5 Å². The average molecular weight is 287 g/mol.